The summed E-state index contributed by atoms with van der Waals surface area (Å²) in [5.41, 5.74) is 0.477. The molecule has 0 aliphatic heterocycles. The maximum absolute atomic E-state index is 12.0. The zero-order valence-electron chi connectivity index (χ0n) is 9.67. The van der Waals surface area contributed by atoms with Gasteiger partial charge in [0.25, 0.3) is 5.91 Å². The summed E-state index contributed by atoms with van der Waals surface area (Å²) < 4.78 is 0. The largest absolute Gasteiger partial charge is 0.340 e. The summed E-state index contributed by atoms with van der Waals surface area (Å²) in [6.45, 7) is 1.38. The minimum atomic E-state index is -0.100. The van der Waals surface area contributed by atoms with Crippen molar-refractivity contribution in [2.75, 3.05) is 27.2 Å². The Morgan fingerprint density at radius 2 is 2.06 bits per heavy atom. The van der Waals surface area contributed by atoms with E-state index in [1.807, 2.05) is 7.05 Å². The predicted molar refractivity (Wildman–Crippen MR) is 74.6 cm³/mol. The number of likely N-dealkylation sites (N-methyl/N-ethyl adjacent to an activating group) is 2. The van der Waals surface area contributed by atoms with E-state index in [-0.39, 0.29) is 18.3 Å². The van der Waals surface area contributed by atoms with Crippen molar-refractivity contribution in [2.24, 2.45) is 0 Å². The Morgan fingerprint density at radius 1 is 1.41 bits per heavy atom. The smallest absolute Gasteiger partial charge is 0.255 e. The standard InChI is InChI=1S/C11H14Cl2N2O.ClH/c1-14-5-6-15(2)11(16)9-4-3-8(12)7-10(9)13;/h3-4,7,14H,5-6H2,1-2H3;1H. The van der Waals surface area contributed by atoms with E-state index >= 15 is 0 Å². The Bertz CT molecular complexity index is 385. The number of benzene rings is 1. The first-order chi connectivity index (χ1) is 7.56. The normalized spacial score (nSPS) is 9.65. The second kappa shape index (κ2) is 7.77. The van der Waals surface area contributed by atoms with Gasteiger partial charge in [0.15, 0.2) is 0 Å². The van der Waals surface area contributed by atoms with E-state index in [4.69, 9.17) is 23.2 Å². The Labute approximate surface area is 117 Å². The van der Waals surface area contributed by atoms with Gasteiger partial charge < -0.3 is 10.2 Å². The monoisotopic (exact) mass is 296 g/mol. The molecule has 0 saturated heterocycles. The van der Waals surface area contributed by atoms with Gasteiger partial charge in [-0.25, -0.2) is 0 Å². The molecule has 0 saturated carbocycles. The first kappa shape index (κ1) is 16.5. The zero-order chi connectivity index (χ0) is 12.1. The van der Waals surface area contributed by atoms with Gasteiger partial charge in [-0.15, -0.1) is 12.4 Å². The Morgan fingerprint density at radius 3 is 2.59 bits per heavy atom. The van der Waals surface area contributed by atoms with Crippen LogP contribution in [0, 0.1) is 0 Å². The number of hydrogen-bond acceptors (Lipinski definition) is 2. The van der Waals surface area contributed by atoms with E-state index < -0.39 is 0 Å². The summed E-state index contributed by atoms with van der Waals surface area (Å²) in [6.07, 6.45) is 0. The molecular weight excluding hydrogens is 282 g/mol. The van der Waals surface area contributed by atoms with Crippen LogP contribution >= 0.6 is 35.6 Å². The van der Waals surface area contributed by atoms with E-state index in [9.17, 15) is 4.79 Å². The number of amides is 1. The van der Waals surface area contributed by atoms with Crippen LogP contribution in [0.3, 0.4) is 0 Å². The molecule has 0 bridgehead atoms. The summed E-state index contributed by atoms with van der Waals surface area (Å²) in [4.78, 5) is 13.6. The number of carbonyl (C=O) groups excluding carboxylic acids is 1. The molecule has 6 heteroatoms. The molecule has 0 atom stereocenters. The molecule has 0 radical (unpaired) electrons. The van der Waals surface area contributed by atoms with E-state index in [0.29, 0.717) is 22.2 Å². The van der Waals surface area contributed by atoms with Gasteiger partial charge in [0, 0.05) is 25.2 Å². The highest BCUT2D eigenvalue weighted by Crippen LogP contribution is 2.21. The summed E-state index contributed by atoms with van der Waals surface area (Å²) in [6, 6.07) is 4.87. The molecule has 96 valence electrons. The van der Waals surface area contributed by atoms with Gasteiger partial charge in [-0.3, -0.25) is 4.79 Å². The highest BCUT2D eigenvalue weighted by atomic mass is 35.5. The molecule has 1 rings (SSSR count). The first-order valence-corrected chi connectivity index (χ1v) is 5.67. The topological polar surface area (TPSA) is 32.3 Å². The van der Waals surface area contributed by atoms with Gasteiger partial charge >= 0.3 is 0 Å². The molecule has 0 spiro atoms. The summed E-state index contributed by atoms with van der Waals surface area (Å²) in [7, 11) is 3.58. The van der Waals surface area contributed by atoms with Crippen LogP contribution < -0.4 is 5.32 Å². The lowest BCUT2D eigenvalue weighted by molar-refractivity contribution is 0.0797. The number of rotatable bonds is 4. The van der Waals surface area contributed by atoms with Crippen molar-refractivity contribution in [3.8, 4) is 0 Å². The van der Waals surface area contributed by atoms with Gasteiger partial charge in [-0.2, -0.15) is 0 Å². The van der Waals surface area contributed by atoms with Gasteiger partial charge in [-0.05, 0) is 25.2 Å². The number of nitrogens with zero attached hydrogens (tertiary/aromatic N) is 1. The lowest BCUT2D eigenvalue weighted by atomic mass is 10.2. The second-order valence-corrected chi connectivity index (χ2v) is 4.30. The molecule has 1 amide bonds. The zero-order valence-corrected chi connectivity index (χ0v) is 12.0. The summed E-state index contributed by atoms with van der Waals surface area (Å²) in [5, 5.41) is 3.89. The Hall–Kier alpha value is -0.480. The van der Waals surface area contributed by atoms with Crippen molar-refractivity contribution in [1.29, 1.82) is 0 Å². The molecule has 17 heavy (non-hydrogen) atoms. The maximum atomic E-state index is 12.0. The highest BCUT2D eigenvalue weighted by molar-refractivity contribution is 6.36. The van der Waals surface area contributed by atoms with Crippen molar-refractivity contribution >= 4 is 41.5 Å². The lowest BCUT2D eigenvalue weighted by Gasteiger charge is -2.17. The molecule has 3 nitrogen and oxygen atoms in total. The minimum absolute atomic E-state index is 0. The highest BCUT2D eigenvalue weighted by Gasteiger charge is 2.14. The number of carbonyl (C=O) groups is 1. The summed E-state index contributed by atoms with van der Waals surface area (Å²) in [5.74, 6) is -0.100. The van der Waals surface area contributed by atoms with Crippen LogP contribution in [0.15, 0.2) is 18.2 Å². The molecule has 0 aromatic heterocycles. The fourth-order valence-electron chi connectivity index (χ4n) is 1.25. The molecule has 0 fully saturated rings. The van der Waals surface area contributed by atoms with Crippen LogP contribution in [0.5, 0.6) is 0 Å². The molecule has 0 aliphatic carbocycles. The van der Waals surface area contributed by atoms with E-state index in [2.05, 4.69) is 5.32 Å². The van der Waals surface area contributed by atoms with Gasteiger partial charge in [0.2, 0.25) is 0 Å². The van der Waals surface area contributed by atoms with E-state index in [1.165, 1.54) is 0 Å². The fourth-order valence-corrected chi connectivity index (χ4v) is 1.74. The molecular formula is C11H15Cl3N2O. The summed E-state index contributed by atoms with van der Waals surface area (Å²) >= 11 is 11.7. The van der Waals surface area contributed by atoms with Crippen LogP contribution in [0.2, 0.25) is 10.0 Å². The van der Waals surface area contributed by atoms with Crippen molar-refractivity contribution in [3.63, 3.8) is 0 Å². The first-order valence-electron chi connectivity index (χ1n) is 4.91. The third-order valence-electron chi connectivity index (χ3n) is 2.21. The average Bonchev–Trinajstić information content (AvgIpc) is 2.25. The lowest BCUT2D eigenvalue weighted by Crippen LogP contribution is -2.32. The molecule has 1 aromatic carbocycles. The van der Waals surface area contributed by atoms with Crippen LogP contribution in [0.1, 0.15) is 10.4 Å². The van der Waals surface area contributed by atoms with Crippen LogP contribution in [-0.2, 0) is 0 Å². The fraction of sp³-hybridized carbons (Fsp3) is 0.364. The van der Waals surface area contributed by atoms with Crippen LogP contribution in [-0.4, -0.2) is 38.0 Å². The van der Waals surface area contributed by atoms with Gasteiger partial charge in [-0.1, -0.05) is 23.2 Å². The average molecular weight is 298 g/mol. The van der Waals surface area contributed by atoms with Crippen LogP contribution in [0.4, 0.5) is 0 Å². The number of hydrogen-bond donors (Lipinski definition) is 1. The third-order valence-corrected chi connectivity index (χ3v) is 2.75. The maximum Gasteiger partial charge on any atom is 0.255 e. The van der Waals surface area contributed by atoms with Crippen molar-refractivity contribution in [1.82, 2.24) is 10.2 Å². The van der Waals surface area contributed by atoms with Crippen molar-refractivity contribution in [3.05, 3.63) is 33.8 Å². The van der Waals surface area contributed by atoms with E-state index in [1.54, 1.807) is 30.1 Å². The molecule has 0 heterocycles. The van der Waals surface area contributed by atoms with Crippen molar-refractivity contribution in [2.45, 2.75) is 0 Å². The van der Waals surface area contributed by atoms with Gasteiger partial charge in [0.05, 0.1) is 10.6 Å². The number of halogens is 3. The Kier molecular flexibility index (Phi) is 7.55. The minimum Gasteiger partial charge on any atom is -0.340 e. The molecule has 0 unspecified atom stereocenters. The Balaban J connectivity index is 0.00000256. The third kappa shape index (κ3) is 4.72. The van der Waals surface area contributed by atoms with E-state index in [0.717, 1.165) is 6.54 Å². The SMILES string of the molecule is CNCCN(C)C(=O)c1ccc(Cl)cc1Cl.Cl. The molecule has 0 aliphatic rings. The van der Waals surface area contributed by atoms with Gasteiger partial charge in [0.1, 0.15) is 0 Å². The second-order valence-electron chi connectivity index (χ2n) is 3.45. The molecule has 1 N–H and O–H groups in total. The predicted octanol–water partition coefficient (Wildman–Crippen LogP) is 2.71. The quantitative estimate of drug-likeness (QED) is 0.927. The van der Waals surface area contributed by atoms with Crippen molar-refractivity contribution < 1.29 is 4.79 Å². The van der Waals surface area contributed by atoms with Crippen LogP contribution in [0.25, 0.3) is 0 Å². The number of nitrogens with one attached hydrogen (secondary N) is 1. The molecule has 1 aromatic rings.